The highest BCUT2D eigenvalue weighted by atomic mass is 31.2. The molecule has 0 saturated carbocycles. The molecule has 0 aromatic heterocycles. The van der Waals surface area contributed by atoms with E-state index in [0.29, 0.717) is 0 Å². The molecule has 0 fully saturated rings. The van der Waals surface area contributed by atoms with Crippen LogP contribution >= 0.6 is 31.7 Å². The molecule has 0 aromatic rings. The highest BCUT2D eigenvalue weighted by Gasteiger charge is 2.48. The molecular weight excluding hydrogens is 356 g/mol. The molecule has 2 unspecified atom stereocenters. The fourth-order valence-corrected chi connectivity index (χ4v) is 3.34. The van der Waals surface area contributed by atoms with Crippen LogP contribution in [0.4, 0.5) is 0 Å². The number of rotatable bonds is 5. The van der Waals surface area contributed by atoms with Crippen LogP contribution in [0.25, 0.3) is 0 Å². The predicted octanol–water partition coefficient (Wildman–Crippen LogP) is -1.72. The average molecular weight is 366 g/mol. The number of aliphatic hydroxyl groups is 2. The Balaban J connectivity index is 0. The molecule has 0 rings (SSSR count). The van der Waals surface area contributed by atoms with E-state index in [1.165, 1.54) is 0 Å². The van der Waals surface area contributed by atoms with Crippen molar-refractivity contribution in [3.63, 3.8) is 0 Å². The molecule has 8 N–H and O–H groups in total. The third kappa shape index (κ3) is 11.8. The summed E-state index contributed by atoms with van der Waals surface area (Å²) in [6.07, 6.45) is -2.76. The fraction of sp³-hybridized carbons (Fsp3) is 1.00. The van der Waals surface area contributed by atoms with Crippen LogP contribution in [0.3, 0.4) is 0 Å². The van der Waals surface area contributed by atoms with E-state index >= 15 is 0 Å². The summed E-state index contributed by atoms with van der Waals surface area (Å²) in [5.41, 5.74) is 0. The maximum absolute atomic E-state index is 10.3. The van der Waals surface area contributed by atoms with Gasteiger partial charge in [-0.15, -0.1) is 9.79 Å². The summed E-state index contributed by atoms with van der Waals surface area (Å²) in [6.45, 7) is 0. The normalized spacial score (nSPS) is 14.0. The summed E-state index contributed by atoms with van der Waals surface area (Å²) >= 11 is 0. The number of hydrogen-bond acceptors (Lipinski definition) is 7. The molecule has 0 amide bonds. The van der Waals surface area contributed by atoms with Crippen molar-refractivity contribution >= 4 is 31.7 Å². The average Bonchev–Trinajstić information content (AvgIpc) is 1.92. The van der Waals surface area contributed by atoms with Crippen LogP contribution in [0.5, 0.6) is 0 Å². The minimum atomic E-state index is -5.22. The maximum atomic E-state index is 10.3. The highest BCUT2D eigenvalue weighted by Crippen LogP contribution is 2.60. The van der Waals surface area contributed by atoms with Gasteiger partial charge in [0.25, 0.3) is 0 Å². The van der Waals surface area contributed by atoms with Gasteiger partial charge in [0.2, 0.25) is 5.40 Å². The molecule has 19 heavy (non-hydrogen) atoms. The van der Waals surface area contributed by atoms with Gasteiger partial charge in [-0.2, -0.15) is 0 Å². The molecule has 0 saturated heterocycles. The van der Waals surface area contributed by atoms with Gasteiger partial charge in [0.1, 0.15) is 0 Å². The fourth-order valence-electron chi connectivity index (χ4n) is 0.603. The Morgan fingerprint density at radius 1 is 0.842 bits per heavy atom. The molecule has 0 aromatic carbocycles. The lowest BCUT2D eigenvalue weighted by atomic mass is 10.8. The van der Waals surface area contributed by atoms with E-state index in [9.17, 15) is 18.3 Å². The van der Waals surface area contributed by atoms with Crippen molar-refractivity contribution in [2.45, 2.75) is 11.7 Å². The maximum Gasteiger partial charge on any atom is 0.745 e. The summed E-state index contributed by atoms with van der Waals surface area (Å²) in [6, 6.07) is 0. The van der Waals surface area contributed by atoms with E-state index in [2.05, 4.69) is 4.31 Å². The summed E-state index contributed by atoms with van der Waals surface area (Å²) in [7, 11) is -16.3. The van der Waals surface area contributed by atoms with Crippen LogP contribution in [0.15, 0.2) is 0 Å². The molecular formula is C2H10O13P4+2. The first-order valence-electron chi connectivity index (χ1n) is 3.66. The van der Waals surface area contributed by atoms with E-state index in [4.69, 9.17) is 39.6 Å². The Kier molecular flexibility index (Phi) is 9.73. The van der Waals surface area contributed by atoms with E-state index in [0.717, 1.165) is 0 Å². The first-order chi connectivity index (χ1) is 8.19. The first-order valence-corrected chi connectivity index (χ1v) is 9.29. The van der Waals surface area contributed by atoms with Gasteiger partial charge in [-0.05, 0) is 0 Å². The third-order valence-electron chi connectivity index (χ3n) is 1.10. The van der Waals surface area contributed by atoms with Crippen molar-refractivity contribution in [3.8, 4) is 0 Å². The summed E-state index contributed by atoms with van der Waals surface area (Å²) in [5, 5.41) is 13.7. The first kappa shape index (κ1) is 21.6. The van der Waals surface area contributed by atoms with Crippen molar-refractivity contribution < 1.29 is 62.1 Å². The lowest BCUT2D eigenvalue weighted by Crippen LogP contribution is -2.25. The molecule has 0 bridgehead atoms. The SMILES string of the molecule is O=P(O)(O)C(C(O)O)P(=O)(O)O.O=[P+](O)O[P+](=O)O. The quantitative estimate of drug-likeness (QED) is 0.200. The van der Waals surface area contributed by atoms with Gasteiger partial charge in [0, 0.05) is 9.13 Å². The summed E-state index contributed by atoms with van der Waals surface area (Å²) in [4.78, 5) is 48.5. The topological polar surface area (TPSA) is 239 Å². The number of aliphatic hydroxyl groups excluding tert-OH is 1. The zero-order chi connectivity index (χ0) is 16.0. The molecule has 13 nitrogen and oxygen atoms in total. The van der Waals surface area contributed by atoms with Crippen LogP contribution in [0, 0.1) is 0 Å². The molecule has 17 heteroatoms. The Hall–Kier alpha value is 0.300. The lowest BCUT2D eigenvalue weighted by molar-refractivity contribution is -0.0347. The predicted molar refractivity (Wildman–Crippen MR) is 56.8 cm³/mol. The minimum Gasteiger partial charge on any atom is -0.367 e. The minimum absolute atomic E-state index is 2.76. The van der Waals surface area contributed by atoms with E-state index in [1.54, 1.807) is 0 Å². The van der Waals surface area contributed by atoms with Crippen LogP contribution in [0.2, 0.25) is 0 Å². The Morgan fingerprint density at radius 3 is 1.11 bits per heavy atom. The van der Waals surface area contributed by atoms with E-state index < -0.39 is 43.4 Å². The smallest absolute Gasteiger partial charge is 0.367 e. The second kappa shape index (κ2) is 8.56. The van der Waals surface area contributed by atoms with Crippen LogP contribution < -0.4 is 0 Å². The van der Waals surface area contributed by atoms with Crippen molar-refractivity contribution in [1.29, 1.82) is 0 Å². The van der Waals surface area contributed by atoms with Gasteiger partial charge < -0.3 is 29.8 Å². The molecule has 0 spiro atoms. The Labute approximate surface area is 106 Å². The summed E-state index contributed by atoms with van der Waals surface area (Å²) in [5.74, 6) is 0. The molecule has 0 radical (unpaired) electrons. The van der Waals surface area contributed by atoms with Gasteiger partial charge in [0.15, 0.2) is 10.6 Å². The second-order valence-electron chi connectivity index (χ2n) is 2.56. The van der Waals surface area contributed by atoms with Crippen molar-refractivity contribution in [2.75, 3.05) is 0 Å². The zero-order valence-corrected chi connectivity index (χ0v) is 12.1. The molecule has 0 aliphatic carbocycles. The Bertz CT molecular complexity index is 367. The Morgan fingerprint density at radius 2 is 1.11 bits per heavy atom. The largest absolute Gasteiger partial charge is 0.745 e. The summed E-state index contributed by atoms with van der Waals surface area (Å²) < 4.78 is 42.8. The highest BCUT2D eigenvalue weighted by molar-refractivity contribution is 7.70. The van der Waals surface area contributed by atoms with Crippen molar-refractivity contribution in [2.24, 2.45) is 0 Å². The third-order valence-corrected chi connectivity index (χ3v) is 5.93. The molecule has 2 atom stereocenters. The molecule has 0 aliphatic rings. The van der Waals surface area contributed by atoms with Crippen LogP contribution in [0.1, 0.15) is 0 Å². The molecule has 114 valence electrons. The molecule has 0 heterocycles. The van der Waals surface area contributed by atoms with Gasteiger partial charge in [-0.25, -0.2) is 0 Å². The van der Waals surface area contributed by atoms with Crippen LogP contribution in [-0.4, -0.2) is 51.3 Å². The lowest BCUT2D eigenvalue weighted by Gasteiger charge is -2.20. The van der Waals surface area contributed by atoms with E-state index in [-0.39, 0.29) is 0 Å². The van der Waals surface area contributed by atoms with Crippen LogP contribution in [-0.2, 0) is 22.6 Å². The van der Waals surface area contributed by atoms with Gasteiger partial charge >= 0.3 is 31.7 Å². The second-order valence-corrected chi connectivity index (χ2v) is 8.04. The van der Waals surface area contributed by atoms with Gasteiger partial charge in [-0.1, -0.05) is 0 Å². The van der Waals surface area contributed by atoms with Gasteiger partial charge in [-0.3, -0.25) is 9.13 Å². The van der Waals surface area contributed by atoms with Crippen molar-refractivity contribution in [1.82, 2.24) is 0 Å². The monoisotopic (exact) mass is 366 g/mol. The zero-order valence-electron chi connectivity index (χ0n) is 8.56. The molecule has 0 aliphatic heterocycles. The van der Waals surface area contributed by atoms with E-state index in [1.807, 2.05) is 0 Å². The van der Waals surface area contributed by atoms with Crippen molar-refractivity contribution in [3.05, 3.63) is 0 Å². The van der Waals surface area contributed by atoms with Gasteiger partial charge in [0.05, 0.1) is 0 Å². The number of hydrogen-bond donors (Lipinski definition) is 8. The standard InChI is InChI=1S/C2H8O8P2.O5P2/c3-1(4)2(11(5,6)7)12(8,9)10;1-6(2)5-7(3)4/h1-4H,(H2,5,6,7)(H2,8,9,10);/p+2.